The largest absolute Gasteiger partial charge is 0.378 e. The Hall–Kier alpha value is -0.450. The lowest BCUT2D eigenvalue weighted by Gasteiger charge is -2.07. The van der Waals surface area contributed by atoms with Crippen LogP contribution in [0.2, 0.25) is 0 Å². The first-order valence-electron chi connectivity index (χ1n) is 4.44. The molecule has 1 unspecified atom stereocenters. The molecule has 1 atom stereocenters. The van der Waals surface area contributed by atoms with Crippen molar-refractivity contribution >= 4 is 11.3 Å². The molecule has 0 aliphatic heterocycles. The molecule has 0 saturated carbocycles. The van der Waals surface area contributed by atoms with Crippen LogP contribution in [0, 0.1) is 0 Å². The van der Waals surface area contributed by atoms with Gasteiger partial charge in [-0.15, -0.1) is 11.3 Å². The van der Waals surface area contributed by atoms with E-state index in [0.717, 1.165) is 11.6 Å². The molecule has 0 aromatic carbocycles. The lowest BCUT2D eigenvalue weighted by Crippen LogP contribution is -2.16. The van der Waals surface area contributed by atoms with Gasteiger partial charge in [0.15, 0.2) is 0 Å². The third-order valence-electron chi connectivity index (χ3n) is 1.78. The van der Waals surface area contributed by atoms with E-state index in [9.17, 15) is 0 Å². The second-order valence-electron chi connectivity index (χ2n) is 2.87. The maximum atomic E-state index is 5.01. The molecular weight excluding hydrogens is 184 g/mol. The van der Waals surface area contributed by atoms with Crippen molar-refractivity contribution in [3.63, 3.8) is 0 Å². The molecule has 74 valence electrons. The first-order valence-corrected chi connectivity index (χ1v) is 5.26. The summed E-state index contributed by atoms with van der Waals surface area (Å²) in [7, 11) is 1.69. The molecule has 0 aliphatic rings. The Balaban J connectivity index is 2.56. The molecule has 0 bridgehead atoms. The highest BCUT2D eigenvalue weighted by atomic mass is 32.1. The molecule has 1 rings (SSSR count). The number of hydrogen-bond acceptors (Lipinski definition) is 4. The minimum atomic E-state index is 0.396. The van der Waals surface area contributed by atoms with Crippen LogP contribution in [-0.4, -0.2) is 18.6 Å². The summed E-state index contributed by atoms with van der Waals surface area (Å²) in [5, 5.41) is 4.39. The molecule has 1 N–H and O–H groups in total. The molecule has 1 aromatic rings. The third kappa shape index (κ3) is 3.06. The number of hydrogen-bond donors (Lipinski definition) is 1. The molecule has 0 saturated heterocycles. The van der Waals surface area contributed by atoms with Crippen molar-refractivity contribution in [2.75, 3.05) is 13.7 Å². The predicted octanol–water partition coefficient (Wildman–Crippen LogP) is 1.96. The number of methoxy groups -OCH3 is 1. The zero-order chi connectivity index (χ0) is 9.68. The molecule has 3 nitrogen and oxygen atoms in total. The van der Waals surface area contributed by atoms with Gasteiger partial charge < -0.3 is 10.1 Å². The van der Waals surface area contributed by atoms with Crippen LogP contribution >= 0.6 is 11.3 Å². The van der Waals surface area contributed by atoms with Crippen LogP contribution in [0.4, 0.5) is 0 Å². The second kappa shape index (κ2) is 5.32. The van der Waals surface area contributed by atoms with Gasteiger partial charge in [0.05, 0.1) is 6.61 Å². The van der Waals surface area contributed by atoms with E-state index in [1.807, 2.05) is 6.20 Å². The van der Waals surface area contributed by atoms with Crippen LogP contribution in [0.5, 0.6) is 0 Å². The Morgan fingerprint density at radius 1 is 1.69 bits per heavy atom. The summed E-state index contributed by atoms with van der Waals surface area (Å²) < 4.78 is 5.01. The number of nitrogens with zero attached hydrogens (tertiary/aromatic N) is 1. The second-order valence-corrected chi connectivity index (χ2v) is 4.02. The average Bonchev–Trinajstić information content (AvgIpc) is 2.54. The van der Waals surface area contributed by atoms with Crippen molar-refractivity contribution in [2.45, 2.75) is 26.5 Å². The Morgan fingerprint density at radius 2 is 2.46 bits per heavy atom. The molecule has 0 aliphatic carbocycles. The van der Waals surface area contributed by atoms with Gasteiger partial charge in [-0.05, 0) is 13.5 Å². The van der Waals surface area contributed by atoms with Gasteiger partial charge in [0.2, 0.25) is 0 Å². The van der Waals surface area contributed by atoms with E-state index in [0.29, 0.717) is 12.6 Å². The predicted molar refractivity (Wildman–Crippen MR) is 54.9 cm³/mol. The molecule has 0 fully saturated rings. The minimum Gasteiger partial charge on any atom is -0.378 e. The van der Waals surface area contributed by atoms with Gasteiger partial charge in [-0.1, -0.05) is 6.92 Å². The fraction of sp³-hybridized carbons (Fsp3) is 0.667. The average molecular weight is 200 g/mol. The van der Waals surface area contributed by atoms with Gasteiger partial charge in [-0.3, -0.25) is 0 Å². The molecule has 4 heteroatoms. The van der Waals surface area contributed by atoms with Crippen molar-refractivity contribution in [1.29, 1.82) is 0 Å². The zero-order valence-corrected chi connectivity index (χ0v) is 9.15. The van der Waals surface area contributed by atoms with Crippen molar-refractivity contribution in [2.24, 2.45) is 0 Å². The van der Waals surface area contributed by atoms with E-state index in [1.54, 1.807) is 18.4 Å². The minimum absolute atomic E-state index is 0.396. The van der Waals surface area contributed by atoms with Gasteiger partial charge in [0.25, 0.3) is 0 Å². The number of thiazole rings is 1. The van der Waals surface area contributed by atoms with E-state index in [-0.39, 0.29) is 0 Å². The highest BCUT2D eigenvalue weighted by Crippen LogP contribution is 2.20. The fourth-order valence-corrected chi connectivity index (χ4v) is 2.04. The third-order valence-corrected chi connectivity index (χ3v) is 2.93. The maximum absolute atomic E-state index is 5.01. The van der Waals surface area contributed by atoms with Crippen molar-refractivity contribution in [3.8, 4) is 0 Å². The quantitative estimate of drug-likeness (QED) is 0.789. The van der Waals surface area contributed by atoms with E-state index in [4.69, 9.17) is 4.74 Å². The maximum Gasteiger partial charge on any atom is 0.119 e. The van der Waals surface area contributed by atoms with Crippen LogP contribution < -0.4 is 5.32 Å². The van der Waals surface area contributed by atoms with E-state index in [1.165, 1.54) is 4.88 Å². The van der Waals surface area contributed by atoms with Crippen LogP contribution in [-0.2, 0) is 11.3 Å². The normalized spacial score (nSPS) is 13.2. The first kappa shape index (κ1) is 10.6. The number of nitrogens with one attached hydrogen (secondary N) is 1. The van der Waals surface area contributed by atoms with Gasteiger partial charge in [-0.2, -0.15) is 0 Å². The van der Waals surface area contributed by atoms with Crippen LogP contribution in [0.25, 0.3) is 0 Å². The van der Waals surface area contributed by atoms with E-state index >= 15 is 0 Å². The lowest BCUT2D eigenvalue weighted by atomic mass is 10.3. The van der Waals surface area contributed by atoms with Gasteiger partial charge in [0.1, 0.15) is 5.01 Å². The van der Waals surface area contributed by atoms with E-state index < -0.39 is 0 Å². The zero-order valence-electron chi connectivity index (χ0n) is 8.33. The Kier molecular flexibility index (Phi) is 4.35. The SMILES string of the molecule is CCNC(C)c1cnc(COC)s1. The monoisotopic (exact) mass is 200 g/mol. The summed E-state index contributed by atoms with van der Waals surface area (Å²) in [4.78, 5) is 5.53. The Morgan fingerprint density at radius 3 is 3.08 bits per heavy atom. The van der Waals surface area contributed by atoms with Crippen LogP contribution in [0.3, 0.4) is 0 Å². The summed E-state index contributed by atoms with van der Waals surface area (Å²) in [6.45, 7) is 5.85. The highest BCUT2D eigenvalue weighted by molar-refractivity contribution is 7.11. The molecule has 1 aromatic heterocycles. The molecular formula is C9H16N2OS. The number of ether oxygens (including phenoxy) is 1. The smallest absolute Gasteiger partial charge is 0.119 e. The summed E-state index contributed by atoms with van der Waals surface area (Å²) in [5.74, 6) is 0. The summed E-state index contributed by atoms with van der Waals surface area (Å²) in [6, 6.07) is 0.396. The molecule has 0 radical (unpaired) electrons. The highest BCUT2D eigenvalue weighted by Gasteiger charge is 2.07. The Bertz CT molecular complexity index is 250. The van der Waals surface area contributed by atoms with Gasteiger partial charge in [0, 0.05) is 24.2 Å². The molecule has 13 heavy (non-hydrogen) atoms. The fourth-order valence-electron chi connectivity index (χ4n) is 1.12. The van der Waals surface area contributed by atoms with Crippen LogP contribution in [0.15, 0.2) is 6.20 Å². The van der Waals surface area contributed by atoms with E-state index in [2.05, 4.69) is 24.1 Å². The topological polar surface area (TPSA) is 34.2 Å². The number of rotatable bonds is 5. The standard InChI is InChI=1S/C9H16N2OS/c1-4-10-7(2)8-5-11-9(13-8)6-12-3/h5,7,10H,4,6H2,1-3H3. The first-order chi connectivity index (χ1) is 6.27. The van der Waals surface area contributed by atoms with Crippen LogP contribution in [0.1, 0.15) is 29.8 Å². The van der Waals surface area contributed by atoms with Crippen molar-refractivity contribution < 1.29 is 4.74 Å². The van der Waals surface area contributed by atoms with Crippen molar-refractivity contribution in [3.05, 3.63) is 16.1 Å². The number of aromatic nitrogens is 1. The molecule has 1 heterocycles. The molecule has 0 spiro atoms. The van der Waals surface area contributed by atoms with Gasteiger partial charge >= 0.3 is 0 Å². The van der Waals surface area contributed by atoms with Crippen molar-refractivity contribution in [1.82, 2.24) is 10.3 Å². The summed E-state index contributed by atoms with van der Waals surface area (Å²) in [6.07, 6.45) is 1.92. The summed E-state index contributed by atoms with van der Waals surface area (Å²) >= 11 is 1.71. The van der Waals surface area contributed by atoms with Gasteiger partial charge in [-0.25, -0.2) is 4.98 Å². The Labute approximate surface area is 83.1 Å². The summed E-state index contributed by atoms with van der Waals surface area (Å²) in [5.41, 5.74) is 0. The molecule has 0 amide bonds. The lowest BCUT2D eigenvalue weighted by molar-refractivity contribution is 0.184.